The van der Waals surface area contributed by atoms with Gasteiger partial charge < -0.3 is 24.9 Å². The number of hydrogen-bond acceptors (Lipinski definition) is 12. The van der Waals surface area contributed by atoms with Crippen LogP contribution in [0.1, 0.15) is 18.5 Å². The van der Waals surface area contributed by atoms with Crippen LogP contribution in [-0.4, -0.2) is 90.0 Å². The number of hydrogen-bond donors (Lipinski definition) is 2. The zero-order valence-corrected chi connectivity index (χ0v) is 23.2. The van der Waals surface area contributed by atoms with Crippen LogP contribution in [0, 0.1) is 0 Å². The first kappa shape index (κ1) is 26.9. The molecule has 0 unspecified atom stereocenters. The molecule has 13 heteroatoms. The van der Waals surface area contributed by atoms with Crippen LogP contribution in [0.3, 0.4) is 0 Å². The summed E-state index contributed by atoms with van der Waals surface area (Å²) in [5.74, 6) is 3.92. The predicted octanol–water partition coefficient (Wildman–Crippen LogP) is 2.27. The highest BCUT2D eigenvalue weighted by Gasteiger charge is 2.19. The fraction of sp³-hybridized carbons (Fsp3) is 0.423. The molecule has 39 heavy (non-hydrogen) atoms. The molecule has 0 amide bonds. The van der Waals surface area contributed by atoms with Gasteiger partial charge in [0.1, 0.15) is 39.3 Å². The molecular formula is C26H33N9O3S. The van der Waals surface area contributed by atoms with Crippen molar-refractivity contribution < 1.29 is 12.8 Å². The Labute approximate surface area is 227 Å². The number of furan rings is 1. The second kappa shape index (κ2) is 11.6. The van der Waals surface area contributed by atoms with E-state index < -0.39 is 9.84 Å². The van der Waals surface area contributed by atoms with E-state index in [1.807, 2.05) is 37.3 Å². The van der Waals surface area contributed by atoms with Gasteiger partial charge >= 0.3 is 0 Å². The lowest BCUT2D eigenvalue weighted by Gasteiger charge is -2.32. The maximum Gasteiger partial charge on any atom is 0.233 e. The Balaban J connectivity index is 1.37. The summed E-state index contributed by atoms with van der Waals surface area (Å²) in [7, 11) is -0.888. The first-order valence-corrected chi connectivity index (χ1v) is 15.0. The third-order valence-corrected chi connectivity index (χ3v) is 7.48. The normalized spacial score (nSPS) is 14.7. The zero-order valence-electron chi connectivity index (χ0n) is 22.4. The zero-order chi connectivity index (χ0) is 27.4. The van der Waals surface area contributed by atoms with E-state index in [4.69, 9.17) is 9.40 Å². The lowest BCUT2D eigenvalue weighted by Crippen LogP contribution is -2.45. The summed E-state index contributed by atoms with van der Waals surface area (Å²) < 4.78 is 28.7. The standard InChI is InChI=1S/C26H33N9O3S/c1-4-23-30-25(33-26(31-23)35-12-10-34(2)11-13-35)32-24-20-15-18(5-7-21(20)28-17-29-24)22-8-6-19(38-22)16-27-9-14-39(3,36)37/h5-8,15,17,27H,4,9-14,16H2,1-3H3,(H,28,29,30,31,32,33). The van der Waals surface area contributed by atoms with Gasteiger partial charge in [-0.15, -0.1) is 0 Å². The molecule has 0 aliphatic carbocycles. The summed E-state index contributed by atoms with van der Waals surface area (Å²) in [4.78, 5) is 27.4. The van der Waals surface area contributed by atoms with E-state index in [9.17, 15) is 8.42 Å². The summed E-state index contributed by atoms with van der Waals surface area (Å²) in [6, 6.07) is 9.62. The minimum Gasteiger partial charge on any atom is -0.460 e. The van der Waals surface area contributed by atoms with Gasteiger partial charge in [0.2, 0.25) is 11.9 Å². The first-order chi connectivity index (χ1) is 18.8. The van der Waals surface area contributed by atoms with Crippen LogP contribution in [-0.2, 0) is 22.8 Å². The summed E-state index contributed by atoms with van der Waals surface area (Å²) >= 11 is 0. The van der Waals surface area contributed by atoms with Gasteiger partial charge in [0, 0.05) is 56.4 Å². The number of nitrogens with zero attached hydrogens (tertiary/aromatic N) is 7. The van der Waals surface area contributed by atoms with Crippen molar-refractivity contribution in [3.63, 3.8) is 0 Å². The Morgan fingerprint density at radius 1 is 1.03 bits per heavy atom. The Bertz CT molecular complexity index is 1550. The van der Waals surface area contributed by atoms with E-state index in [0.29, 0.717) is 48.8 Å². The molecule has 0 radical (unpaired) electrons. The molecular weight excluding hydrogens is 518 g/mol. The number of anilines is 3. The molecule has 0 bridgehead atoms. The summed E-state index contributed by atoms with van der Waals surface area (Å²) in [5, 5.41) is 7.21. The Morgan fingerprint density at radius 2 is 1.85 bits per heavy atom. The van der Waals surface area contributed by atoms with Crippen LogP contribution in [0.2, 0.25) is 0 Å². The fourth-order valence-corrected chi connectivity index (χ4v) is 4.80. The minimum absolute atomic E-state index is 0.0822. The van der Waals surface area contributed by atoms with E-state index in [2.05, 4.69) is 47.4 Å². The van der Waals surface area contributed by atoms with Gasteiger partial charge in [-0.05, 0) is 37.4 Å². The molecule has 1 aliphatic heterocycles. The molecule has 1 saturated heterocycles. The largest absolute Gasteiger partial charge is 0.460 e. The van der Waals surface area contributed by atoms with E-state index in [1.54, 1.807) is 0 Å². The molecule has 0 spiro atoms. The van der Waals surface area contributed by atoms with Crippen molar-refractivity contribution in [1.29, 1.82) is 0 Å². The van der Waals surface area contributed by atoms with E-state index in [0.717, 1.165) is 48.4 Å². The van der Waals surface area contributed by atoms with E-state index >= 15 is 0 Å². The lowest BCUT2D eigenvalue weighted by atomic mass is 10.1. The molecule has 206 valence electrons. The highest BCUT2D eigenvalue weighted by molar-refractivity contribution is 7.90. The highest BCUT2D eigenvalue weighted by Crippen LogP contribution is 2.29. The molecule has 0 atom stereocenters. The second-order valence-electron chi connectivity index (χ2n) is 9.67. The molecule has 1 aliphatic rings. The molecule has 5 rings (SSSR count). The maximum atomic E-state index is 11.3. The smallest absolute Gasteiger partial charge is 0.233 e. The SMILES string of the molecule is CCc1nc(Nc2ncnc3ccc(-c4ccc(CNCCS(C)(=O)=O)o4)cc23)nc(N2CCN(C)CC2)n1. The van der Waals surface area contributed by atoms with Crippen LogP contribution < -0.4 is 15.5 Å². The average molecular weight is 552 g/mol. The third-order valence-electron chi connectivity index (χ3n) is 6.53. The summed E-state index contributed by atoms with van der Waals surface area (Å²) in [6.07, 6.45) is 3.43. The number of rotatable bonds is 10. The first-order valence-electron chi connectivity index (χ1n) is 12.9. The van der Waals surface area contributed by atoms with Crippen molar-refractivity contribution in [2.45, 2.75) is 19.9 Å². The molecule has 4 aromatic rings. The third kappa shape index (κ3) is 6.85. The van der Waals surface area contributed by atoms with Crippen molar-refractivity contribution in [1.82, 2.24) is 35.1 Å². The average Bonchev–Trinajstić information content (AvgIpc) is 3.40. The van der Waals surface area contributed by atoms with Crippen LogP contribution in [0.5, 0.6) is 0 Å². The van der Waals surface area contributed by atoms with Gasteiger partial charge in [0.25, 0.3) is 0 Å². The van der Waals surface area contributed by atoms with Crippen molar-refractivity contribution in [2.75, 3.05) is 62.0 Å². The Hall–Kier alpha value is -3.68. The lowest BCUT2D eigenvalue weighted by molar-refractivity contribution is 0.311. The number of likely N-dealkylation sites (N-methyl/N-ethyl adjacent to an activating group) is 1. The monoisotopic (exact) mass is 551 g/mol. The van der Waals surface area contributed by atoms with Crippen molar-refractivity contribution in [2.24, 2.45) is 0 Å². The maximum absolute atomic E-state index is 11.3. The molecule has 3 aromatic heterocycles. The highest BCUT2D eigenvalue weighted by atomic mass is 32.2. The molecule has 1 fully saturated rings. The molecule has 4 heterocycles. The number of nitrogens with one attached hydrogen (secondary N) is 2. The van der Waals surface area contributed by atoms with Gasteiger partial charge in [-0.1, -0.05) is 6.92 Å². The van der Waals surface area contributed by atoms with Gasteiger partial charge in [-0.2, -0.15) is 15.0 Å². The quantitative estimate of drug-likeness (QED) is 0.279. The number of fused-ring (bicyclic) bond motifs is 1. The van der Waals surface area contributed by atoms with Gasteiger partial charge in [0.05, 0.1) is 17.8 Å². The molecule has 12 nitrogen and oxygen atoms in total. The number of benzene rings is 1. The Morgan fingerprint density at radius 3 is 2.62 bits per heavy atom. The van der Waals surface area contributed by atoms with Crippen molar-refractivity contribution >= 4 is 38.5 Å². The molecule has 2 N–H and O–H groups in total. The number of aromatic nitrogens is 5. The minimum atomic E-state index is -3.01. The summed E-state index contributed by atoms with van der Waals surface area (Å²) in [6.45, 7) is 6.47. The summed E-state index contributed by atoms with van der Waals surface area (Å²) in [5.41, 5.74) is 1.64. The van der Waals surface area contributed by atoms with Gasteiger partial charge in [-0.25, -0.2) is 18.4 Å². The number of sulfone groups is 1. The van der Waals surface area contributed by atoms with Crippen LogP contribution >= 0.6 is 0 Å². The molecule has 1 aromatic carbocycles. The van der Waals surface area contributed by atoms with Gasteiger partial charge in [0.15, 0.2) is 0 Å². The van der Waals surface area contributed by atoms with Crippen molar-refractivity contribution in [3.8, 4) is 11.3 Å². The van der Waals surface area contributed by atoms with Crippen LogP contribution in [0.15, 0.2) is 41.1 Å². The van der Waals surface area contributed by atoms with Crippen LogP contribution in [0.4, 0.5) is 17.7 Å². The second-order valence-corrected chi connectivity index (χ2v) is 11.9. The van der Waals surface area contributed by atoms with Gasteiger partial charge in [-0.3, -0.25) is 0 Å². The Kier molecular flexibility index (Phi) is 8.00. The van der Waals surface area contributed by atoms with Crippen LogP contribution in [0.25, 0.3) is 22.2 Å². The number of aryl methyl sites for hydroxylation is 1. The fourth-order valence-electron chi connectivity index (χ4n) is 4.28. The predicted molar refractivity (Wildman–Crippen MR) is 151 cm³/mol. The number of piperazine rings is 1. The van der Waals surface area contributed by atoms with Crippen molar-refractivity contribution in [3.05, 3.63) is 48.2 Å². The topological polar surface area (TPSA) is 142 Å². The van der Waals surface area contributed by atoms with E-state index in [1.165, 1.54) is 12.6 Å². The van der Waals surface area contributed by atoms with E-state index in [-0.39, 0.29) is 5.75 Å². The molecule has 0 saturated carbocycles.